The molecule has 0 saturated carbocycles. The molecule has 0 unspecified atom stereocenters. The van der Waals surface area contributed by atoms with Crippen LogP contribution in [0.15, 0.2) is 53.5 Å². The number of aliphatic hydroxyl groups is 1. The zero-order chi connectivity index (χ0) is 26.2. The van der Waals surface area contributed by atoms with Crippen LogP contribution in [0.4, 0.5) is 0 Å². The van der Waals surface area contributed by atoms with Crippen molar-refractivity contribution in [3.63, 3.8) is 0 Å². The summed E-state index contributed by atoms with van der Waals surface area (Å²) in [5, 5.41) is 22.7. The zero-order valence-corrected chi connectivity index (χ0v) is 20.6. The lowest BCUT2D eigenvalue weighted by molar-refractivity contribution is -0.172. The van der Waals surface area contributed by atoms with E-state index >= 15 is 0 Å². The maximum absolute atomic E-state index is 13.7. The summed E-state index contributed by atoms with van der Waals surface area (Å²) >= 11 is 0. The second-order valence-corrected chi connectivity index (χ2v) is 9.81. The number of benzene rings is 2. The Hall–Kier alpha value is -4.41. The fraction of sp³-hybridized carbons (Fsp3) is 0.250. The Labute approximate surface area is 216 Å². The van der Waals surface area contributed by atoms with E-state index in [1.54, 1.807) is 22.2 Å². The van der Waals surface area contributed by atoms with Crippen LogP contribution in [0, 0.1) is 0 Å². The molecular formula is C28H24N6O4. The molecule has 10 heteroatoms. The van der Waals surface area contributed by atoms with Crippen LogP contribution in [-0.2, 0) is 41.4 Å². The second kappa shape index (κ2) is 8.04. The quantitative estimate of drug-likeness (QED) is 0.273. The number of hydrogen-bond donors (Lipinski definition) is 2. The van der Waals surface area contributed by atoms with Crippen LogP contribution in [0.25, 0.3) is 33.1 Å². The Morgan fingerprint density at radius 2 is 2.00 bits per heavy atom. The number of nitrogens with two attached hydrogens (primary N) is 1. The van der Waals surface area contributed by atoms with Gasteiger partial charge in [-0.1, -0.05) is 42.5 Å². The first kappa shape index (κ1) is 22.8. The number of carbonyl (C=O) groups excluding carboxylic acids is 1. The molecular weight excluding hydrogens is 484 g/mol. The Kier molecular flexibility index (Phi) is 4.82. The van der Waals surface area contributed by atoms with Crippen molar-refractivity contribution in [3.05, 3.63) is 87.0 Å². The van der Waals surface area contributed by atoms with E-state index in [1.165, 1.54) is 0 Å². The van der Waals surface area contributed by atoms with Gasteiger partial charge < -0.3 is 20.1 Å². The van der Waals surface area contributed by atoms with Crippen LogP contribution >= 0.6 is 0 Å². The first-order valence-corrected chi connectivity index (χ1v) is 12.5. The van der Waals surface area contributed by atoms with E-state index in [1.807, 2.05) is 30.5 Å². The van der Waals surface area contributed by atoms with Crippen LogP contribution in [0.1, 0.15) is 41.3 Å². The summed E-state index contributed by atoms with van der Waals surface area (Å²) in [6.07, 6.45) is 1.91. The third kappa shape index (κ3) is 3.04. The fourth-order valence-corrected chi connectivity index (χ4v) is 5.79. The Morgan fingerprint density at radius 1 is 1.16 bits per heavy atom. The van der Waals surface area contributed by atoms with E-state index < -0.39 is 11.6 Å². The maximum Gasteiger partial charge on any atom is 0.343 e. The molecule has 5 aromatic rings. The summed E-state index contributed by atoms with van der Waals surface area (Å²) in [7, 11) is 0. The van der Waals surface area contributed by atoms with Gasteiger partial charge in [0.25, 0.3) is 5.56 Å². The van der Waals surface area contributed by atoms with E-state index in [2.05, 4.69) is 22.4 Å². The minimum Gasteiger partial charge on any atom is -0.458 e. The first-order valence-electron chi connectivity index (χ1n) is 12.5. The van der Waals surface area contributed by atoms with Crippen LogP contribution in [-0.4, -0.2) is 35.6 Å². The summed E-state index contributed by atoms with van der Waals surface area (Å²) in [4.78, 5) is 31.3. The number of carbonyl (C=O) groups is 1. The molecule has 2 aliphatic heterocycles. The smallest absolute Gasteiger partial charge is 0.343 e. The monoisotopic (exact) mass is 508 g/mol. The zero-order valence-electron chi connectivity index (χ0n) is 20.6. The summed E-state index contributed by atoms with van der Waals surface area (Å²) in [6.45, 7) is 2.52. The van der Waals surface area contributed by atoms with Gasteiger partial charge in [0.1, 0.15) is 6.61 Å². The average molecular weight is 509 g/mol. The SMILES string of the molecule is CC[C@@]1(O)C(=O)OCc2c1cc1n(c2=O)Cc2c-1nc1ccc3ccccc3c1c2Cn1cc(CN)nn1. The molecule has 3 N–H and O–H groups in total. The number of rotatable bonds is 4. The molecule has 1 atom stereocenters. The van der Waals surface area contributed by atoms with Crippen molar-refractivity contribution >= 4 is 27.6 Å². The highest BCUT2D eigenvalue weighted by Gasteiger charge is 2.45. The molecule has 2 aliphatic rings. The summed E-state index contributed by atoms with van der Waals surface area (Å²) in [5.41, 5.74) is 8.76. The van der Waals surface area contributed by atoms with Gasteiger partial charge in [-0.3, -0.25) is 4.79 Å². The molecule has 2 aromatic carbocycles. The number of pyridine rings is 2. The highest BCUT2D eigenvalue weighted by atomic mass is 16.6. The van der Waals surface area contributed by atoms with Crippen LogP contribution in [0.2, 0.25) is 0 Å². The normalized spacial score (nSPS) is 17.9. The Morgan fingerprint density at radius 3 is 2.79 bits per heavy atom. The van der Waals surface area contributed by atoms with Crippen molar-refractivity contribution in [2.24, 2.45) is 5.73 Å². The molecule has 10 nitrogen and oxygen atoms in total. The minimum atomic E-state index is -1.87. The van der Waals surface area contributed by atoms with E-state index in [4.69, 9.17) is 15.5 Å². The van der Waals surface area contributed by atoms with E-state index in [-0.39, 0.29) is 25.1 Å². The maximum atomic E-state index is 13.7. The van der Waals surface area contributed by atoms with E-state index in [0.717, 1.165) is 32.8 Å². The Balaban J connectivity index is 1.53. The third-order valence-electron chi connectivity index (χ3n) is 7.81. The molecule has 38 heavy (non-hydrogen) atoms. The van der Waals surface area contributed by atoms with E-state index in [0.29, 0.717) is 41.3 Å². The van der Waals surface area contributed by atoms with Gasteiger partial charge >= 0.3 is 5.97 Å². The topological polar surface area (TPSA) is 138 Å². The second-order valence-electron chi connectivity index (χ2n) is 9.81. The highest BCUT2D eigenvalue weighted by Crippen LogP contribution is 2.41. The van der Waals surface area contributed by atoms with Gasteiger partial charge in [-0.05, 0) is 34.9 Å². The van der Waals surface area contributed by atoms with E-state index in [9.17, 15) is 14.7 Å². The molecule has 3 aromatic heterocycles. The number of ether oxygens (including phenoxy) is 1. The molecule has 5 heterocycles. The lowest BCUT2D eigenvalue weighted by atomic mass is 9.86. The third-order valence-corrected chi connectivity index (χ3v) is 7.81. The number of fused-ring (bicyclic) bond motifs is 7. The number of hydrogen-bond acceptors (Lipinski definition) is 8. The van der Waals surface area contributed by atoms with Gasteiger partial charge in [-0.15, -0.1) is 5.10 Å². The average Bonchev–Trinajstić information content (AvgIpc) is 3.55. The van der Waals surface area contributed by atoms with Crippen molar-refractivity contribution in [1.29, 1.82) is 0 Å². The van der Waals surface area contributed by atoms with Crippen molar-refractivity contribution in [2.75, 3.05) is 0 Å². The number of aromatic nitrogens is 5. The standard InChI is InChI=1S/C28H24N6O4/c1-2-28(37)21-9-23-25-19(13-34(23)26(35)20(21)14-38-27(28)36)18(12-33-11-16(10-29)31-32-33)24-17-6-4-3-5-15(17)7-8-22(24)30-25/h3-9,11,37H,2,10,12-14,29H2,1H3/t28-/m0/s1. The largest absolute Gasteiger partial charge is 0.458 e. The Bertz CT molecular complexity index is 1870. The van der Waals surface area contributed by atoms with Gasteiger partial charge in [0.15, 0.2) is 5.60 Å². The van der Waals surface area contributed by atoms with Crippen LogP contribution < -0.4 is 11.3 Å². The summed E-state index contributed by atoms with van der Waals surface area (Å²) in [6, 6.07) is 13.9. The minimum absolute atomic E-state index is 0.0900. The van der Waals surface area contributed by atoms with Crippen molar-refractivity contribution in [1.82, 2.24) is 24.5 Å². The number of cyclic esters (lactones) is 1. The number of esters is 1. The lowest BCUT2D eigenvalue weighted by Gasteiger charge is -2.31. The van der Waals surface area contributed by atoms with Gasteiger partial charge in [0, 0.05) is 23.1 Å². The molecule has 0 saturated heterocycles. The number of nitrogens with zero attached hydrogens (tertiary/aromatic N) is 5. The fourth-order valence-electron chi connectivity index (χ4n) is 5.79. The van der Waals surface area contributed by atoms with Crippen LogP contribution in [0.5, 0.6) is 0 Å². The highest BCUT2D eigenvalue weighted by molar-refractivity contribution is 6.09. The summed E-state index contributed by atoms with van der Waals surface area (Å²) in [5.74, 6) is -0.740. The molecule has 0 amide bonds. The molecule has 0 spiro atoms. The van der Waals surface area contributed by atoms with Crippen molar-refractivity contribution in [3.8, 4) is 11.4 Å². The van der Waals surface area contributed by atoms with Gasteiger partial charge in [-0.2, -0.15) is 0 Å². The van der Waals surface area contributed by atoms with Crippen molar-refractivity contribution in [2.45, 2.75) is 45.2 Å². The molecule has 0 fully saturated rings. The molecule has 0 radical (unpaired) electrons. The lowest BCUT2D eigenvalue weighted by Crippen LogP contribution is -2.44. The van der Waals surface area contributed by atoms with Gasteiger partial charge in [-0.25, -0.2) is 14.5 Å². The predicted octanol–water partition coefficient (Wildman–Crippen LogP) is 2.33. The first-order chi connectivity index (χ1) is 18.4. The predicted molar refractivity (Wildman–Crippen MR) is 139 cm³/mol. The molecule has 190 valence electrons. The van der Waals surface area contributed by atoms with Crippen LogP contribution in [0.3, 0.4) is 0 Å². The molecule has 0 aliphatic carbocycles. The van der Waals surface area contributed by atoms with Gasteiger partial charge in [0.05, 0.1) is 47.4 Å². The molecule has 0 bridgehead atoms. The summed E-state index contributed by atoms with van der Waals surface area (Å²) < 4.78 is 8.61. The van der Waals surface area contributed by atoms with Crippen molar-refractivity contribution < 1.29 is 14.6 Å². The van der Waals surface area contributed by atoms with Gasteiger partial charge in [0.2, 0.25) is 0 Å². The molecule has 7 rings (SSSR count).